The van der Waals surface area contributed by atoms with Crippen LogP contribution in [0.4, 0.5) is 0 Å². The molecule has 104 valence electrons. The van der Waals surface area contributed by atoms with Crippen molar-refractivity contribution in [2.75, 3.05) is 12.4 Å². The van der Waals surface area contributed by atoms with Crippen molar-refractivity contribution in [1.82, 2.24) is 0 Å². The van der Waals surface area contributed by atoms with Crippen LogP contribution in [-0.2, 0) is 5.33 Å². The van der Waals surface area contributed by atoms with E-state index in [-0.39, 0.29) is 0 Å². The first-order chi connectivity index (χ1) is 9.78. The van der Waals surface area contributed by atoms with Crippen molar-refractivity contribution < 1.29 is 4.74 Å². The Morgan fingerprint density at radius 2 is 2.10 bits per heavy atom. The van der Waals surface area contributed by atoms with Gasteiger partial charge in [-0.15, -0.1) is 11.8 Å². The fourth-order valence-corrected chi connectivity index (χ4v) is 4.14. The summed E-state index contributed by atoms with van der Waals surface area (Å²) >= 11 is 11.6. The van der Waals surface area contributed by atoms with Crippen molar-refractivity contribution in [1.29, 1.82) is 0 Å². The molecule has 0 fully saturated rings. The molecule has 1 unspecified atom stereocenters. The molecule has 1 aliphatic rings. The molecule has 4 heteroatoms. The standard InChI is InChI=1S/C16H14BrClOS/c17-8-11-5-6-15(14(18)7-11)19-9-12-10-20-16-4-2-1-3-13(12)16/h1-7,12H,8-10H2. The third kappa shape index (κ3) is 3.00. The molecule has 0 saturated heterocycles. The van der Waals surface area contributed by atoms with E-state index in [1.807, 2.05) is 30.0 Å². The van der Waals surface area contributed by atoms with Gasteiger partial charge in [0.1, 0.15) is 5.75 Å². The van der Waals surface area contributed by atoms with E-state index >= 15 is 0 Å². The Hall–Kier alpha value is -0.640. The van der Waals surface area contributed by atoms with E-state index in [1.54, 1.807) is 0 Å². The molecule has 2 aromatic rings. The molecule has 2 aromatic carbocycles. The van der Waals surface area contributed by atoms with Gasteiger partial charge in [0.05, 0.1) is 11.6 Å². The summed E-state index contributed by atoms with van der Waals surface area (Å²) in [4.78, 5) is 1.38. The van der Waals surface area contributed by atoms with Crippen LogP contribution in [0.25, 0.3) is 0 Å². The largest absolute Gasteiger partial charge is 0.491 e. The number of ether oxygens (including phenoxy) is 1. The van der Waals surface area contributed by atoms with Crippen LogP contribution in [-0.4, -0.2) is 12.4 Å². The summed E-state index contributed by atoms with van der Waals surface area (Å²) in [5.41, 5.74) is 2.55. The van der Waals surface area contributed by atoms with Crippen molar-refractivity contribution >= 4 is 39.3 Å². The Kier molecular flexibility index (Phi) is 4.59. The Morgan fingerprint density at radius 3 is 2.90 bits per heavy atom. The van der Waals surface area contributed by atoms with Crippen molar-refractivity contribution in [2.24, 2.45) is 0 Å². The lowest BCUT2D eigenvalue weighted by Gasteiger charge is -2.14. The third-order valence-electron chi connectivity index (χ3n) is 3.39. The van der Waals surface area contributed by atoms with Gasteiger partial charge in [0.2, 0.25) is 0 Å². The van der Waals surface area contributed by atoms with Crippen LogP contribution in [0.5, 0.6) is 5.75 Å². The highest BCUT2D eigenvalue weighted by molar-refractivity contribution is 9.08. The number of thioether (sulfide) groups is 1. The fourth-order valence-electron chi connectivity index (χ4n) is 2.30. The molecule has 3 rings (SSSR count). The zero-order valence-electron chi connectivity index (χ0n) is 10.8. The minimum absolute atomic E-state index is 0.447. The molecule has 20 heavy (non-hydrogen) atoms. The second-order valence-electron chi connectivity index (χ2n) is 4.76. The van der Waals surface area contributed by atoms with Crippen molar-refractivity contribution in [3.63, 3.8) is 0 Å². The lowest BCUT2D eigenvalue weighted by molar-refractivity contribution is 0.298. The van der Waals surface area contributed by atoms with Crippen LogP contribution < -0.4 is 4.74 Å². The molecule has 0 aliphatic carbocycles. The lowest BCUT2D eigenvalue weighted by Crippen LogP contribution is -2.10. The van der Waals surface area contributed by atoms with Gasteiger partial charge in [-0.3, -0.25) is 0 Å². The van der Waals surface area contributed by atoms with Crippen LogP contribution in [0.15, 0.2) is 47.4 Å². The Morgan fingerprint density at radius 1 is 1.25 bits per heavy atom. The van der Waals surface area contributed by atoms with Crippen molar-refractivity contribution in [3.05, 3.63) is 58.6 Å². The van der Waals surface area contributed by atoms with Gasteiger partial charge in [-0.2, -0.15) is 0 Å². The number of rotatable bonds is 4. The highest BCUT2D eigenvalue weighted by atomic mass is 79.9. The first-order valence-electron chi connectivity index (χ1n) is 6.47. The molecule has 0 radical (unpaired) electrons. The summed E-state index contributed by atoms with van der Waals surface area (Å²) in [6.07, 6.45) is 0. The molecule has 1 nitrogen and oxygen atoms in total. The van der Waals surface area contributed by atoms with Gasteiger partial charge in [0, 0.05) is 21.9 Å². The predicted octanol–water partition coefficient (Wildman–Crippen LogP) is 5.50. The topological polar surface area (TPSA) is 9.23 Å². The highest BCUT2D eigenvalue weighted by Gasteiger charge is 2.23. The average Bonchev–Trinajstić information content (AvgIpc) is 2.89. The number of benzene rings is 2. The smallest absolute Gasteiger partial charge is 0.137 e. The molecule has 1 aliphatic heterocycles. The minimum atomic E-state index is 0.447. The van der Waals surface area contributed by atoms with E-state index in [1.165, 1.54) is 10.5 Å². The van der Waals surface area contributed by atoms with Gasteiger partial charge in [-0.05, 0) is 29.3 Å². The number of hydrogen-bond acceptors (Lipinski definition) is 2. The molecule has 1 heterocycles. The van der Waals surface area contributed by atoms with Crippen LogP contribution in [0.3, 0.4) is 0 Å². The van der Waals surface area contributed by atoms with Crippen LogP contribution >= 0.6 is 39.3 Å². The average molecular weight is 370 g/mol. The maximum atomic E-state index is 6.24. The number of fused-ring (bicyclic) bond motifs is 1. The molecule has 0 saturated carbocycles. The highest BCUT2D eigenvalue weighted by Crippen LogP contribution is 2.39. The van der Waals surface area contributed by atoms with Gasteiger partial charge in [0.15, 0.2) is 0 Å². The summed E-state index contributed by atoms with van der Waals surface area (Å²) in [6.45, 7) is 0.678. The van der Waals surface area contributed by atoms with E-state index in [0.717, 1.165) is 22.4 Å². The summed E-state index contributed by atoms with van der Waals surface area (Å²) in [5, 5.41) is 1.49. The van der Waals surface area contributed by atoms with E-state index < -0.39 is 0 Å². The van der Waals surface area contributed by atoms with Gasteiger partial charge in [-0.25, -0.2) is 0 Å². The van der Waals surface area contributed by atoms with Crippen LogP contribution in [0.1, 0.15) is 17.0 Å². The second-order valence-corrected chi connectivity index (χ2v) is 6.78. The maximum absolute atomic E-state index is 6.24. The number of halogens is 2. The Bertz CT molecular complexity index is 617. The summed E-state index contributed by atoms with van der Waals surface area (Å²) in [6, 6.07) is 14.5. The SMILES string of the molecule is Clc1cc(CBr)ccc1OCC1CSc2ccccc21. The summed E-state index contributed by atoms with van der Waals surface area (Å²) in [7, 11) is 0. The molecule has 0 N–H and O–H groups in total. The van der Waals surface area contributed by atoms with E-state index in [2.05, 4.69) is 40.2 Å². The predicted molar refractivity (Wildman–Crippen MR) is 89.5 cm³/mol. The quantitative estimate of drug-likeness (QED) is 0.658. The van der Waals surface area contributed by atoms with E-state index in [0.29, 0.717) is 17.5 Å². The molecule has 0 spiro atoms. The van der Waals surface area contributed by atoms with Crippen LogP contribution in [0.2, 0.25) is 5.02 Å². The maximum Gasteiger partial charge on any atom is 0.137 e. The number of hydrogen-bond donors (Lipinski definition) is 0. The zero-order valence-corrected chi connectivity index (χ0v) is 14.0. The summed E-state index contributed by atoms with van der Waals surface area (Å²) < 4.78 is 5.92. The first kappa shape index (κ1) is 14.3. The van der Waals surface area contributed by atoms with E-state index in [9.17, 15) is 0 Å². The summed E-state index contributed by atoms with van der Waals surface area (Å²) in [5.74, 6) is 2.30. The normalized spacial score (nSPS) is 17.0. The lowest BCUT2D eigenvalue weighted by atomic mass is 10.0. The number of alkyl halides is 1. The van der Waals surface area contributed by atoms with Crippen LogP contribution in [0, 0.1) is 0 Å². The van der Waals surface area contributed by atoms with Gasteiger partial charge in [0.25, 0.3) is 0 Å². The first-order valence-corrected chi connectivity index (χ1v) is 8.95. The van der Waals surface area contributed by atoms with Gasteiger partial charge < -0.3 is 4.74 Å². The van der Waals surface area contributed by atoms with Crippen molar-refractivity contribution in [3.8, 4) is 5.75 Å². The molecular formula is C16H14BrClOS. The monoisotopic (exact) mass is 368 g/mol. The molecular weight excluding hydrogens is 356 g/mol. The fraction of sp³-hybridized carbons (Fsp3) is 0.250. The molecule has 0 amide bonds. The van der Waals surface area contributed by atoms with Crippen molar-refractivity contribution in [2.45, 2.75) is 16.1 Å². The third-order valence-corrected chi connectivity index (χ3v) is 5.58. The Balaban J connectivity index is 1.69. The van der Waals surface area contributed by atoms with Gasteiger partial charge >= 0.3 is 0 Å². The zero-order chi connectivity index (χ0) is 13.9. The molecule has 1 atom stereocenters. The molecule has 0 bridgehead atoms. The van der Waals surface area contributed by atoms with E-state index in [4.69, 9.17) is 16.3 Å². The molecule has 0 aromatic heterocycles. The minimum Gasteiger partial charge on any atom is -0.491 e. The Labute approximate surface area is 136 Å². The second kappa shape index (κ2) is 6.42. The van der Waals surface area contributed by atoms with Gasteiger partial charge in [-0.1, -0.05) is 51.8 Å².